The van der Waals surface area contributed by atoms with Gasteiger partial charge in [0.2, 0.25) is 35.4 Å². The van der Waals surface area contributed by atoms with Crippen LogP contribution in [0, 0.1) is 0 Å². The number of carbonyl (C=O) groups is 6. The zero-order chi connectivity index (χ0) is 50.5. The molecule has 6 amide bonds. The van der Waals surface area contributed by atoms with Crippen molar-refractivity contribution in [2.45, 2.75) is 126 Å². The Hall–Kier alpha value is -6.50. The number of likely N-dealkylation sites (N-methyl/N-ethyl adjacent to an activating group) is 2. The molecule has 4 aliphatic rings. The number of unbranched alkanes of at least 4 members (excludes halogenated alkanes) is 1. The van der Waals surface area contributed by atoms with Gasteiger partial charge in [-0.3, -0.25) is 28.8 Å². The van der Waals surface area contributed by atoms with Gasteiger partial charge in [0.1, 0.15) is 22.9 Å². The highest BCUT2D eigenvalue weighted by Gasteiger charge is 2.46. The first kappa shape index (κ1) is 50.4. The monoisotopic (exact) mass is 997 g/mol. The van der Waals surface area contributed by atoms with E-state index < -0.39 is 24.2 Å². The predicted molar refractivity (Wildman–Crippen MR) is 276 cm³/mol. The molecular weight excluding hydrogens is 931 g/mol. The molecule has 4 saturated heterocycles. The number of para-hydroxylation sites is 1. The largest absolute Gasteiger partial charge is 0.341 e. The van der Waals surface area contributed by atoms with Gasteiger partial charge in [-0.15, -0.1) is 11.3 Å². The lowest BCUT2D eigenvalue weighted by Gasteiger charge is -2.39. The summed E-state index contributed by atoms with van der Waals surface area (Å²) in [6, 6.07) is 22.3. The highest BCUT2D eigenvalue weighted by molar-refractivity contribution is 7.15. The smallest absolute Gasteiger partial charge is 0.247 e. The van der Waals surface area contributed by atoms with E-state index in [4.69, 9.17) is 9.97 Å². The number of fused-ring (bicyclic) bond motifs is 3. The van der Waals surface area contributed by atoms with Crippen LogP contribution < -0.4 is 21.3 Å². The summed E-state index contributed by atoms with van der Waals surface area (Å²) in [6.07, 6.45) is 7.12. The van der Waals surface area contributed by atoms with Crippen molar-refractivity contribution in [1.29, 1.82) is 0 Å². The van der Waals surface area contributed by atoms with E-state index in [1.165, 1.54) is 0 Å². The second kappa shape index (κ2) is 22.5. The summed E-state index contributed by atoms with van der Waals surface area (Å²) < 4.78 is 0. The Balaban J connectivity index is 0.843. The molecule has 2 aromatic heterocycles. The third kappa shape index (κ3) is 10.8. The Labute approximate surface area is 424 Å². The zero-order valence-corrected chi connectivity index (χ0v) is 42.5. The van der Waals surface area contributed by atoms with Crippen molar-refractivity contribution in [1.82, 2.24) is 55.8 Å². The SMILES string of the molecule is CNC(C)C(=O)NC1CN(C(=O)CCCCC(=O)N2CCC3CCC(c4ncc(-c5ccccc5)s4)N3C(=O)C(NC(=O)C(C)NC)C2)CCC2CCC(c3nc4c(-c5ccccc5)cccc4[nH]3)N2C1=O. The van der Waals surface area contributed by atoms with Gasteiger partial charge in [-0.1, -0.05) is 72.8 Å². The van der Waals surface area contributed by atoms with E-state index in [0.717, 1.165) is 56.9 Å². The summed E-state index contributed by atoms with van der Waals surface area (Å²) in [6.45, 7) is 4.33. The summed E-state index contributed by atoms with van der Waals surface area (Å²) in [5.74, 6) is -0.716. The highest BCUT2D eigenvalue weighted by atomic mass is 32.1. The molecule has 0 radical (unpaired) electrons. The molecule has 9 rings (SSSR count). The molecule has 380 valence electrons. The molecule has 18 heteroatoms. The molecule has 5 N–H and O–H groups in total. The fourth-order valence-corrected chi connectivity index (χ4v) is 11.9. The summed E-state index contributed by atoms with van der Waals surface area (Å²) in [5, 5.41) is 12.7. The number of nitrogens with zero attached hydrogens (tertiary/aromatic N) is 6. The van der Waals surface area contributed by atoms with Crippen molar-refractivity contribution in [3.63, 3.8) is 0 Å². The molecule has 3 aromatic carbocycles. The van der Waals surface area contributed by atoms with Gasteiger partial charge in [-0.2, -0.15) is 0 Å². The Morgan fingerprint density at radius 2 is 1.19 bits per heavy atom. The maximum Gasteiger partial charge on any atom is 0.247 e. The maximum atomic E-state index is 14.8. The first-order chi connectivity index (χ1) is 34.9. The number of hydrogen-bond acceptors (Lipinski definition) is 11. The van der Waals surface area contributed by atoms with Crippen LogP contribution in [-0.4, -0.2) is 147 Å². The summed E-state index contributed by atoms with van der Waals surface area (Å²) in [5.41, 5.74) is 4.82. The number of hydrogen-bond donors (Lipinski definition) is 5. The number of nitrogens with one attached hydrogen (secondary N) is 5. The van der Waals surface area contributed by atoms with Crippen LogP contribution in [0.15, 0.2) is 85.1 Å². The molecule has 72 heavy (non-hydrogen) atoms. The van der Waals surface area contributed by atoms with E-state index in [9.17, 15) is 28.8 Å². The molecule has 17 nitrogen and oxygen atoms in total. The summed E-state index contributed by atoms with van der Waals surface area (Å²) in [4.78, 5) is 106. The molecule has 8 atom stereocenters. The van der Waals surface area contributed by atoms with Crippen LogP contribution in [0.3, 0.4) is 0 Å². The number of H-pyrrole nitrogens is 1. The van der Waals surface area contributed by atoms with Crippen molar-refractivity contribution in [2.24, 2.45) is 0 Å². The number of thiazole rings is 1. The van der Waals surface area contributed by atoms with Crippen LogP contribution in [0.1, 0.15) is 101 Å². The second-order valence-electron chi connectivity index (χ2n) is 19.7. The van der Waals surface area contributed by atoms with Gasteiger partial charge in [0, 0.05) is 62.9 Å². The quantitative estimate of drug-likeness (QED) is 0.0854. The summed E-state index contributed by atoms with van der Waals surface area (Å²) in [7, 11) is 3.37. The molecule has 0 saturated carbocycles. The molecule has 0 aliphatic carbocycles. The number of aromatic nitrogens is 3. The van der Waals surface area contributed by atoms with Crippen LogP contribution >= 0.6 is 11.3 Å². The third-order valence-corrected chi connectivity index (χ3v) is 16.3. The van der Waals surface area contributed by atoms with E-state index in [2.05, 4.69) is 38.4 Å². The average Bonchev–Trinajstić information content (AvgIpc) is 4.24. The maximum absolute atomic E-state index is 14.8. The molecule has 0 spiro atoms. The van der Waals surface area contributed by atoms with Crippen LogP contribution in [0.4, 0.5) is 0 Å². The predicted octanol–water partition coefficient (Wildman–Crippen LogP) is 5.33. The minimum absolute atomic E-state index is 0.0177. The van der Waals surface area contributed by atoms with Crippen LogP contribution in [0.5, 0.6) is 0 Å². The van der Waals surface area contributed by atoms with E-state index >= 15 is 0 Å². The molecule has 5 aromatic rings. The lowest BCUT2D eigenvalue weighted by Crippen LogP contribution is -2.60. The minimum atomic E-state index is -0.981. The van der Waals surface area contributed by atoms with Crippen LogP contribution in [-0.2, 0) is 28.8 Å². The van der Waals surface area contributed by atoms with Gasteiger partial charge in [0.15, 0.2) is 0 Å². The van der Waals surface area contributed by atoms with Gasteiger partial charge < -0.3 is 45.9 Å². The van der Waals surface area contributed by atoms with E-state index in [-0.39, 0.29) is 85.5 Å². The van der Waals surface area contributed by atoms with Gasteiger partial charge >= 0.3 is 0 Å². The van der Waals surface area contributed by atoms with Crippen LogP contribution in [0.2, 0.25) is 0 Å². The normalized spacial score (nSPS) is 23.4. The average molecular weight is 998 g/mol. The summed E-state index contributed by atoms with van der Waals surface area (Å²) >= 11 is 1.58. The molecule has 4 aliphatic heterocycles. The van der Waals surface area contributed by atoms with E-state index in [1.54, 1.807) is 49.1 Å². The van der Waals surface area contributed by atoms with Gasteiger partial charge in [-0.05, 0) is 96.5 Å². The Morgan fingerprint density at radius 3 is 1.75 bits per heavy atom. The molecule has 8 unspecified atom stereocenters. The molecule has 0 bridgehead atoms. The van der Waals surface area contributed by atoms with Crippen molar-refractivity contribution in [3.8, 4) is 21.6 Å². The van der Waals surface area contributed by atoms with Gasteiger partial charge in [0.25, 0.3) is 0 Å². The standard InChI is InChI=1S/C54H67N11O6S/c1-33(55-3)50(68)59-41-31-62(28-26-37-22-24-43(64(37)53(41)70)49-58-40-19-13-18-39(48(40)61-49)35-14-7-5-8-15-35)46(66)20-11-12-21-47(67)63-29-27-38-23-25-44(52-57-30-45(72-52)36-16-9-6-10-17-36)65(38)54(71)42(32-63)60-51(69)34(2)56-4/h5-10,13-19,30,33-34,37-38,41-44,55-56H,11-12,20-29,31-32H2,1-4H3,(H,58,61)(H,59,68)(H,60,69). The van der Waals surface area contributed by atoms with Crippen molar-refractivity contribution < 1.29 is 28.8 Å². The molecular formula is C54H67N11O6S. The fraction of sp³-hybridized carbons (Fsp3) is 0.481. The van der Waals surface area contributed by atoms with Crippen molar-refractivity contribution >= 4 is 57.8 Å². The Bertz CT molecular complexity index is 2750. The number of rotatable bonds is 15. The van der Waals surface area contributed by atoms with Gasteiger partial charge in [0.05, 0.1) is 40.1 Å². The Kier molecular flexibility index (Phi) is 15.8. The Morgan fingerprint density at radius 1 is 0.667 bits per heavy atom. The number of carbonyl (C=O) groups excluding carboxylic acids is 6. The van der Waals surface area contributed by atoms with E-state index in [1.807, 2.05) is 82.7 Å². The zero-order valence-electron chi connectivity index (χ0n) is 41.6. The number of amides is 6. The molecule has 6 heterocycles. The van der Waals surface area contributed by atoms with Crippen molar-refractivity contribution in [3.05, 3.63) is 95.9 Å². The lowest BCUT2D eigenvalue weighted by molar-refractivity contribution is -0.145. The van der Waals surface area contributed by atoms with Crippen LogP contribution in [0.25, 0.3) is 32.6 Å². The number of imidazole rings is 1. The van der Waals surface area contributed by atoms with E-state index in [0.29, 0.717) is 51.0 Å². The third-order valence-electron chi connectivity index (χ3n) is 15.2. The second-order valence-corrected chi connectivity index (χ2v) is 20.8. The first-order valence-corrected chi connectivity index (χ1v) is 26.4. The lowest BCUT2D eigenvalue weighted by atomic mass is 10.0. The number of benzene rings is 3. The minimum Gasteiger partial charge on any atom is -0.341 e. The van der Waals surface area contributed by atoms with Crippen molar-refractivity contribution in [2.75, 3.05) is 40.3 Å². The topological polar surface area (TPSA) is 205 Å². The van der Waals surface area contributed by atoms with Gasteiger partial charge in [-0.25, -0.2) is 9.97 Å². The fourth-order valence-electron chi connectivity index (χ4n) is 10.9. The first-order valence-electron chi connectivity index (χ1n) is 25.6. The molecule has 4 fully saturated rings. The number of aromatic amines is 1. The highest BCUT2D eigenvalue weighted by Crippen LogP contribution is 2.43.